The lowest BCUT2D eigenvalue weighted by Gasteiger charge is -2.10. The maximum Gasteiger partial charge on any atom is 0.162 e. The van der Waals surface area contributed by atoms with Crippen LogP contribution in [0.2, 0.25) is 5.02 Å². The van der Waals surface area contributed by atoms with Crippen LogP contribution in [0.1, 0.15) is 29.9 Å². The number of carbonyl (C=O) groups is 1. The number of carbonyl (C=O) groups excluding carboxylic acids is 1. The smallest absolute Gasteiger partial charge is 0.162 e. The molecule has 0 unspecified atom stereocenters. The average Bonchev–Trinajstić information content (AvgIpc) is 2.79. The molecule has 0 aliphatic heterocycles. The summed E-state index contributed by atoms with van der Waals surface area (Å²) in [4.78, 5) is 12.2. The van der Waals surface area contributed by atoms with Crippen LogP contribution in [0, 0.1) is 6.92 Å². The fourth-order valence-corrected chi connectivity index (χ4v) is 3.26. The Hall–Kier alpha value is -2.26. The number of hydrogen-bond donors (Lipinski definition) is 0. The summed E-state index contributed by atoms with van der Waals surface area (Å²) >= 11 is 6.37. The first-order valence-corrected chi connectivity index (χ1v) is 7.96. The first-order valence-electron chi connectivity index (χ1n) is 7.58. The number of nitrogens with zero attached hydrogens (tertiary/aromatic N) is 1. The van der Waals surface area contributed by atoms with Crippen LogP contribution in [-0.4, -0.2) is 17.0 Å². The molecule has 0 radical (unpaired) electrons. The molecule has 0 saturated carbocycles. The van der Waals surface area contributed by atoms with Gasteiger partial charge in [-0.3, -0.25) is 4.79 Å². The molecule has 0 amide bonds. The van der Waals surface area contributed by atoms with Gasteiger partial charge in [0.25, 0.3) is 0 Å². The number of para-hydroxylation sites is 1. The molecule has 0 saturated heterocycles. The monoisotopic (exact) mass is 327 g/mol. The van der Waals surface area contributed by atoms with Gasteiger partial charge in [-0.2, -0.15) is 0 Å². The molecule has 1 aromatic heterocycles. The first kappa shape index (κ1) is 15.6. The molecule has 3 nitrogen and oxygen atoms in total. The van der Waals surface area contributed by atoms with E-state index >= 15 is 0 Å². The zero-order valence-corrected chi connectivity index (χ0v) is 14.1. The third-order valence-electron chi connectivity index (χ3n) is 3.93. The molecule has 3 aromatic rings. The molecular weight excluding hydrogens is 310 g/mol. The molecule has 0 aliphatic rings. The van der Waals surface area contributed by atoms with E-state index in [1.807, 2.05) is 60.9 Å². The molecule has 23 heavy (non-hydrogen) atoms. The summed E-state index contributed by atoms with van der Waals surface area (Å²) in [5.74, 6) is 0.797. The van der Waals surface area contributed by atoms with Gasteiger partial charge in [-0.05, 0) is 51.1 Å². The number of halogens is 1. The summed E-state index contributed by atoms with van der Waals surface area (Å²) in [5.41, 5.74) is 3.41. The lowest BCUT2D eigenvalue weighted by molar-refractivity contribution is 0.101. The minimum Gasteiger partial charge on any atom is -0.494 e. The summed E-state index contributed by atoms with van der Waals surface area (Å²) in [7, 11) is 0. The van der Waals surface area contributed by atoms with Gasteiger partial charge in [0.05, 0.1) is 22.8 Å². The van der Waals surface area contributed by atoms with E-state index in [1.165, 1.54) is 0 Å². The topological polar surface area (TPSA) is 31.2 Å². The lowest BCUT2D eigenvalue weighted by atomic mass is 10.1. The maximum absolute atomic E-state index is 12.2. The summed E-state index contributed by atoms with van der Waals surface area (Å²) in [6, 6.07) is 13.5. The quantitative estimate of drug-likeness (QED) is 0.617. The van der Waals surface area contributed by atoms with Crippen LogP contribution in [0.5, 0.6) is 5.75 Å². The van der Waals surface area contributed by atoms with E-state index in [2.05, 4.69) is 0 Å². The van der Waals surface area contributed by atoms with Crippen molar-refractivity contribution >= 4 is 28.3 Å². The number of rotatable bonds is 4. The van der Waals surface area contributed by atoms with Gasteiger partial charge in [-0.15, -0.1) is 0 Å². The second-order valence-electron chi connectivity index (χ2n) is 5.42. The Kier molecular flexibility index (Phi) is 4.14. The van der Waals surface area contributed by atoms with Crippen molar-refractivity contribution in [2.24, 2.45) is 0 Å². The third-order valence-corrected chi connectivity index (χ3v) is 4.25. The minimum atomic E-state index is 0.0342. The Balaban J connectivity index is 2.37. The number of ketones is 1. The highest BCUT2D eigenvalue weighted by Crippen LogP contribution is 2.34. The van der Waals surface area contributed by atoms with Crippen LogP contribution in [0.25, 0.3) is 16.6 Å². The number of fused-ring (bicyclic) bond motifs is 1. The molecule has 0 atom stereocenters. The second kappa shape index (κ2) is 6.09. The van der Waals surface area contributed by atoms with Gasteiger partial charge < -0.3 is 9.30 Å². The van der Waals surface area contributed by atoms with Crippen molar-refractivity contribution in [1.82, 2.24) is 4.57 Å². The van der Waals surface area contributed by atoms with Gasteiger partial charge in [0.15, 0.2) is 5.78 Å². The summed E-state index contributed by atoms with van der Waals surface area (Å²) in [5, 5.41) is 1.54. The van der Waals surface area contributed by atoms with Gasteiger partial charge in [0.1, 0.15) is 5.75 Å². The molecule has 0 N–H and O–H groups in total. The van der Waals surface area contributed by atoms with Crippen molar-refractivity contribution < 1.29 is 9.53 Å². The van der Waals surface area contributed by atoms with Gasteiger partial charge in [-0.1, -0.05) is 23.7 Å². The number of ether oxygens (including phenoxy) is 1. The van der Waals surface area contributed by atoms with Crippen LogP contribution in [0.3, 0.4) is 0 Å². The maximum atomic E-state index is 12.2. The highest BCUT2D eigenvalue weighted by atomic mass is 35.5. The molecule has 118 valence electrons. The zero-order chi connectivity index (χ0) is 16.6. The van der Waals surface area contributed by atoms with Crippen LogP contribution < -0.4 is 4.74 Å². The Bertz CT molecular complexity index is 896. The molecule has 0 bridgehead atoms. The number of hydrogen-bond acceptors (Lipinski definition) is 2. The molecule has 0 fully saturated rings. The number of Topliss-reactive ketones (excluding diaryl/α,β-unsaturated/α-hetero) is 1. The van der Waals surface area contributed by atoms with Crippen molar-refractivity contribution in [3.05, 3.63) is 58.7 Å². The number of aromatic nitrogens is 1. The summed E-state index contributed by atoms with van der Waals surface area (Å²) in [6.45, 7) is 6.06. The standard InChI is InChI=1S/C19H18ClNO2/c1-4-23-14-9-10-17-15(11-14)19(13(3)22)12(2)21(17)18-8-6-5-7-16(18)20/h5-11H,4H2,1-3H3. The average molecular weight is 328 g/mol. The van der Waals surface area contributed by atoms with E-state index in [0.29, 0.717) is 17.2 Å². The Morgan fingerprint density at radius 1 is 1.22 bits per heavy atom. The van der Waals surface area contributed by atoms with Gasteiger partial charge in [0.2, 0.25) is 0 Å². The Morgan fingerprint density at radius 2 is 1.96 bits per heavy atom. The van der Waals surface area contributed by atoms with Crippen molar-refractivity contribution in [2.75, 3.05) is 6.61 Å². The molecule has 3 rings (SSSR count). The second-order valence-corrected chi connectivity index (χ2v) is 5.82. The van der Waals surface area contributed by atoms with E-state index in [4.69, 9.17) is 16.3 Å². The Morgan fingerprint density at radius 3 is 2.61 bits per heavy atom. The van der Waals surface area contributed by atoms with Crippen LogP contribution >= 0.6 is 11.6 Å². The van der Waals surface area contributed by atoms with E-state index in [9.17, 15) is 4.79 Å². The lowest BCUT2D eigenvalue weighted by Crippen LogP contribution is -2.00. The van der Waals surface area contributed by atoms with E-state index in [1.54, 1.807) is 6.92 Å². The van der Waals surface area contributed by atoms with Crippen molar-refractivity contribution in [1.29, 1.82) is 0 Å². The molecule has 4 heteroatoms. The van der Waals surface area contributed by atoms with Crippen LogP contribution in [0.4, 0.5) is 0 Å². The summed E-state index contributed by atoms with van der Waals surface area (Å²) < 4.78 is 7.61. The van der Waals surface area contributed by atoms with Crippen LogP contribution in [0.15, 0.2) is 42.5 Å². The first-order chi connectivity index (χ1) is 11.0. The summed E-state index contributed by atoms with van der Waals surface area (Å²) in [6.07, 6.45) is 0. The van der Waals surface area contributed by atoms with Crippen molar-refractivity contribution in [3.63, 3.8) is 0 Å². The third kappa shape index (κ3) is 2.62. The van der Waals surface area contributed by atoms with Gasteiger partial charge in [-0.25, -0.2) is 0 Å². The van der Waals surface area contributed by atoms with Crippen molar-refractivity contribution in [3.8, 4) is 11.4 Å². The van der Waals surface area contributed by atoms with E-state index in [-0.39, 0.29) is 5.78 Å². The number of benzene rings is 2. The molecule has 0 aliphatic carbocycles. The normalized spacial score (nSPS) is 11.0. The minimum absolute atomic E-state index is 0.0342. The fraction of sp³-hybridized carbons (Fsp3) is 0.211. The Labute approximate surface area is 140 Å². The fourth-order valence-electron chi connectivity index (χ4n) is 3.04. The van der Waals surface area contributed by atoms with E-state index in [0.717, 1.165) is 28.0 Å². The largest absolute Gasteiger partial charge is 0.494 e. The predicted molar refractivity (Wildman–Crippen MR) is 94.2 cm³/mol. The molecule has 1 heterocycles. The van der Waals surface area contributed by atoms with Crippen molar-refractivity contribution in [2.45, 2.75) is 20.8 Å². The predicted octanol–water partition coefficient (Wildman–Crippen LogP) is 5.19. The van der Waals surface area contributed by atoms with Gasteiger partial charge in [0, 0.05) is 16.6 Å². The van der Waals surface area contributed by atoms with E-state index < -0.39 is 0 Å². The highest BCUT2D eigenvalue weighted by molar-refractivity contribution is 6.32. The van der Waals surface area contributed by atoms with Gasteiger partial charge >= 0.3 is 0 Å². The highest BCUT2D eigenvalue weighted by Gasteiger charge is 2.19. The zero-order valence-electron chi connectivity index (χ0n) is 13.4. The molecule has 2 aromatic carbocycles. The molecule has 0 spiro atoms. The van der Waals surface area contributed by atoms with Crippen LogP contribution in [-0.2, 0) is 0 Å². The SMILES string of the molecule is CCOc1ccc2c(c1)c(C(C)=O)c(C)n2-c1ccccc1Cl. The molecular formula is C19H18ClNO2.